The van der Waals surface area contributed by atoms with Crippen LogP contribution in [0.4, 0.5) is 16.3 Å². The maximum atomic E-state index is 11.8. The Morgan fingerprint density at radius 2 is 1.80 bits per heavy atom. The molecule has 1 fully saturated rings. The Bertz CT molecular complexity index is 1030. The number of carbonyl (C=O) groups is 1. The number of rotatable bonds is 8. The van der Waals surface area contributed by atoms with Crippen LogP contribution in [-0.2, 0) is 6.42 Å². The minimum atomic E-state index is -0.144. The number of methoxy groups -OCH3 is 2. The van der Waals surface area contributed by atoms with E-state index in [9.17, 15) is 4.79 Å². The second kappa shape index (κ2) is 8.86. The van der Waals surface area contributed by atoms with E-state index in [0.717, 1.165) is 47.2 Å². The molecule has 3 N–H and O–H groups in total. The normalized spacial score (nSPS) is 13.0. The van der Waals surface area contributed by atoms with Gasteiger partial charge in [0.15, 0.2) is 11.5 Å². The summed E-state index contributed by atoms with van der Waals surface area (Å²) in [6.07, 6.45) is 4.49. The standard InChI is InChI=1S/C22H25N5O3/c1-29-19-11-17-18(12-20(19)30-2)24-13-25-21(17)23-10-9-14-3-5-15(6-4-14)26-22(28)27-16-7-8-16/h3-6,11-13,16H,7-10H2,1-2H3,(H,23,24,25)(H2,26,27,28). The molecule has 1 heterocycles. The first-order valence-electron chi connectivity index (χ1n) is 9.93. The summed E-state index contributed by atoms with van der Waals surface area (Å²) in [7, 11) is 3.21. The summed E-state index contributed by atoms with van der Waals surface area (Å²) in [6, 6.07) is 11.8. The summed E-state index contributed by atoms with van der Waals surface area (Å²) in [5.74, 6) is 2.02. The number of aromatic nitrogens is 2. The topological polar surface area (TPSA) is 97.4 Å². The lowest BCUT2D eigenvalue weighted by Gasteiger charge is -2.12. The zero-order chi connectivity index (χ0) is 20.9. The maximum Gasteiger partial charge on any atom is 0.319 e. The number of hydrogen-bond donors (Lipinski definition) is 3. The summed E-state index contributed by atoms with van der Waals surface area (Å²) in [5.41, 5.74) is 2.73. The second-order valence-electron chi connectivity index (χ2n) is 7.19. The molecule has 0 unspecified atom stereocenters. The number of nitrogens with zero attached hydrogens (tertiary/aromatic N) is 2. The van der Waals surface area contributed by atoms with Gasteiger partial charge in [0.1, 0.15) is 12.1 Å². The molecular weight excluding hydrogens is 382 g/mol. The number of urea groups is 1. The molecule has 2 aromatic carbocycles. The van der Waals surface area contributed by atoms with Crippen LogP contribution in [0.3, 0.4) is 0 Å². The predicted molar refractivity (Wildman–Crippen MR) is 116 cm³/mol. The monoisotopic (exact) mass is 407 g/mol. The van der Waals surface area contributed by atoms with Crippen molar-refractivity contribution in [1.29, 1.82) is 0 Å². The molecule has 30 heavy (non-hydrogen) atoms. The number of anilines is 2. The Morgan fingerprint density at radius 3 is 2.50 bits per heavy atom. The van der Waals surface area contributed by atoms with E-state index in [-0.39, 0.29) is 6.03 Å². The highest BCUT2D eigenvalue weighted by Gasteiger charge is 2.23. The van der Waals surface area contributed by atoms with Crippen LogP contribution in [0.2, 0.25) is 0 Å². The van der Waals surface area contributed by atoms with E-state index in [4.69, 9.17) is 9.47 Å². The summed E-state index contributed by atoms with van der Waals surface area (Å²) in [5, 5.41) is 10.0. The van der Waals surface area contributed by atoms with Crippen molar-refractivity contribution in [3.05, 3.63) is 48.3 Å². The molecule has 0 atom stereocenters. The van der Waals surface area contributed by atoms with Crippen LogP contribution < -0.4 is 25.4 Å². The zero-order valence-electron chi connectivity index (χ0n) is 17.1. The SMILES string of the molecule is COc1cc2ncnc(NCCc3ccc(NC(=O)NC4CC4)cc3)c2cc1OC. The molecule has 8 heteroatoms. The van der Waals surface area contributed by atoms with Crippen LogP contribution in [-0.4, -0.2) is 42.8 Å². The molecule has 1 aliphatic rings. The Morgan fingerprint density at radius 1 is 1.07 bits per heavy atom. The minimum absolute atomic E-state index is 0.144. The van der Waals surface area contributed by atoms with Gasteiger partial charge in [-0.05, 0) is 43.0 Å². The van der Waals surface area contributed by atoms with E-state index in [2.05, 4.69) is 25.9 Å². The van der Waals surface area contributed by atoms with Crippen molar-refractivity contribution in [2.45, 2.75) is 25.3 Å². The minimum Gasteiger partial charge on any atom is -0.493 e. The fourth-order valence-electron chi connectivity index (χ4n) is 3.18. The Balaban J connectivity index is 1.36. The molecule has 0 bridgehead atoms. The zero-order valence-corrected chi connectivity index (χ0v) is 17.1. The van der Waals surface area contributed by atoms with Crippen molar-refractivity contribution in [1.82, 2.24) is 15.3 Å². The maximum absolute atomic E-state index is 11.8. The van der Waals surface area contributed by atoms with Gasteiger partial charge in [-0.25, -0.2) is 14.8 Å². The van der Waals surface area contributed by atoms with Gasteiger partial charge in [0, 0.05) is 29.7 Å². The van der Waals surface area contributed by atoms with Gasteiger partial charge in [0.05, 0.1) is 19.7 Å². The first-order valence-corrected chi connectivity index (χ1v) is 9.93. The smallest absolute Gasteiger partial charge is 0.319 e. The first kappa shape index (κ1) is 19.8. The lowest BCUT2D eigenvalue weighted by molar-refractivity contribution is 0.251. The van der Waals surface area contributed by atoms with Crippen molar-refractivity contribution in [3.63, 3.8) is 0 Å². The number of benzene rings is 2. The number of fused-ring (bicyclic) bond motifs is 1. The third kappa shape index (κ3) is 4.71. The molecule has 1 saturated carbocycles. The van der Waals surface area contributed by atoms with Gasteiger partial charge < -0.3 is 25.4 Å². The third-order valence-corrected chi connectivity index (χ3v) is 4.97. The predicted octanol–water partition coefficient (Wildman–Crippen LogP) is 3.59. The Hall–Kier alpha value is -3.55. The van der Waals surface area contributed by atoms with Crippen LogP contribution >= 0.6 is 0 Å². The molecule has 8 nitrogen and oxygen atoms in total. The molecule has 0 saturated heterocycles. The van der Waals surface area contributed by atoms with E-state index >= 15 is 0 Å². The van der Waals surface area contributed by atoms with Crippen molar-refractivity contribution >= 4 is 28.4 Å². The molecule has 3 aromatic rings. The molecule has 1 aromatic heterocycles. The molecule has 1 aliphatic carbocycles. The van der Waals surface area contributed by atoms with E-state index in [0.29, 0.717) is 24.1 Å². The summed E-state index contributed by atoms with van der Waals surface area (Å²) in [6.45, 7) is 0.704. The van der Waals surface area contributed by atoms with Crippen LogP contribution in [0.15, 0.2) is 42.7 Å². The molecule has 0 aliphatic heterocycles. The summed E-state index contributed by atoms with van der Waals surface area (Å²) < 4.78 is 10.7. The van der Waals surface area contributed by atoms with Crippen molar-refractivity contribution in [2.75, 3.05) is 31.4 Å². The second-order valence-corrected chi connectivity index (χ2v) is 7.19. The average molecular weight is 407 g/mol. The molecule has 4 rings (SSSR count). The third-order valence-electron chi connectivity index (χ3n) is 4.97. The number of carbonyl (C=O) groups excluding carboxylic acids is 1. The van der Waals surface area contributed by atoms with Crippen molar-refractivity contribution in [2.24, 2.45) is 0 Å². The quantitative estimate of drug-likeness (QED) is 0.528. The molecular formula is C22H25N5O3. The number of amides is 2. The fourth-order valence-corrected chi connectivity index (χ4v) is 3.18. The van der Waals surface area contributed by atoms with Crippen LogP contribution in [0.1, 0.15) is 18.4 Å². The molecule has 0 spiro atoms. The lowest BCUT2D eigenvalue weighted by Crippen LogP contribution is -2.30. The number of nitrogens with one attached hydrogen (secondary N) is 3. The summed E-state index contributed by atoms with van der Waals surface area (Å²) in [4.78, 5) is 20.5. The number of ether oxygens (including phenoxy) is 2. The Kier molecular flexibility index (Phi) is 5.83. The fraction of sp³-hybridized carbons (Fsp3) is 0.318. The molecule has 0 radical (unpaired) electrons. The Labute approximate surface area is 175 Å². The van der Waals surface area contributed by atoms with Crippen molar-refractivity contribution < 1.29 is 14.3 Å². The van der Waals surface area contributed by atoms with E-state index < -0.39 is 0 Å². The lowest BCUT2D eigenvalue weighted by atomic mass is 10.1. The van der Waals surface area contributed by atoms with E-state index in [1.165, 1.54) is 6.33 Å². The van der Waals surface area contributed by atoms with Gasteiger partial charge in [0.25, 0.3) is 0 Å². The molecule has 2 amide bonds. The number of hydrogen-bond acceptors (Lipinski definition) is 6. The van der Waals surface area contributed by atoms with Crippen LogP contribution in [0.25, 0.3) is 10.9 Å². The first-order chi connectivity index (χ1) is 14.7. The van der Waals surface area contributed by atoms with Gasteiger partial charge in [-0.15, -0.1) is 0 Å². The highest BCUT2D eigenvalue weighted by atomic mass is 16.5. The van der Waals surface area contributed by atoms with E-state index in [1.807, 2.05) is 36.4 Å². The highest BCUT2D eigenvalue weighted by molar-refractivity contribution is 5.91. The molecule has 156 valence electrons. The largest absolute Gasteiger partial charge is 0.493 e. The van der Waals surface area contributed by atoms with Gasteiger partial charge >= 0.3 is 6.03 Å². The average Bonchev–Trinajstić information content (AvgIpc) is 3.58. The van der Waals surface area contributed by atoms with Gasteiger partial charge in [-0.3, -0.25) is 0 Å². The highest BCUT2D eigenvalue weighted by Crippen LogP contribution is 2.33. The van der Waals surface area contributed by atoms with Crippen molar-refractivity contribution in [3.8, 4) is 11.5 Å². The summed E-state index contributed by atoms with van der Waals surface area (Å²) >= 11 is 0. The van der Waals surface area contributed by atoms with Crippen LogP contribution in [0.5, 0.6) is 11.5 Å². The van der Waals surface area contributed by atoms with Gasteiger partial charge in [0.2, 0.25) is 0 Å². The van der Waals surface area contributed by atoms with Gasteiger partial charge in [-0.2, -0.15) is 0 Å². The van der Waals surface area contributed by atoms with E-state index in [1.54, 1.807) is 14.2 Å². The van der Waals surface area contributed by atoms with Crippen LogP contribution in [0, 0.1) is 0 Å². The van der Waals surface area contributed by atoms with Gasteiger partial charge in [-0.1, -0.05) is 12.1 Å².